The molecule has 1 atom stereocenters. The zero-order valence-corrected chi connectivity index (χ0v) is 13.4. The largest absolute Gasteiger partial charge is 0.323 e. The van der Waals surface area contributed by atoms with Gasteiger partial charge in [0.15, 0.2) is 0 Å². The van der Waals surface area contributed by atoms with Crippen LogP contribution >= 0.6 is 43.2 Å². The van der Waals surface area contributed by atoms with E-state index in [4.69, 9.17) is 5.73 Å². The van der Waals surface area contributed by atoms with Gasteiger partial charge in [-0.15, -0.1) is 11.3 Å². The molecule has 0 fully saturated rings. The normalized spacial score (nSPS) is 12.7. The molecule has 1 aromatic heterocycles. The second kappa shape index (κ2) is 5.65. The highest BCUT2D eigenvalue weighted by Gasteiger charge is 2.13. The molecule has 0 radical (unpaired) electrons. The van der Waals surface area contributed by atoms with E-state index >= 15 is 0 Å². The molecule has 0 aliphatic heterocycles. The molecule has 1 nitrogen and oxygen atoms in total. The molecule has 0 aliphatic rings. The summed E-state index contributed by atoms with van der Waals surface area (Å²) in [6.07, 6.45) is 0.859. The molecular formula is C13H13Br2NS. The highest BCUT2D eigenvalue weighted by atomic mass is 79.9. The Bertz CT molecular complexity index is 522. The van der Waals surface area contributed by atoms with Crippen molar-refractivity contribution in [3.8, 4) is 0 Å². The predicted octanol–water partition coefficient (Wildman–Crippen LogP) is 4.82. The summed E-state index contributed by atoms with van der Waals surface area (Å²) in [6.45, 7) is 2.10. The third-order valence-electron chi connectivity index (χ3n) is 2.52. The van der Waals surface area contributed by atoms with E-state index in [0.29, 0.717) is 0 Å². The Labute approximate surface area is 122 Å². The summed E-state index contributed by atoms with van der Waals surface area (Å²) in [7, 11) is 0. The molecule has 2 rings (SSSR count). The summed E-state index contributed by atoms with van der Waals surface area (Å²) >= 11 is 8.81. The highest BCUT2D eigenvalue weighted by molar-refractivity contribution is 9.10. The SMILES string of the molecule is Cc1cc(Br)c(C(N)Cc2cccc(Br)c2)s1. The fourth-order valence-corrected chi connectivity index (χ4v) is 4.16. The smallest absolute Gasteiger partial charge is 0.0442 e. The molecule has 1 unspecified atom stereocenters. The van der Waals surface area contributed by atoms with E-state index < -0.39 is 0 Å². The predicted molar refractivity (Wildman–Crippen MR) is 81.5 cm³/mol. The van der Waals surface area contributed by atoms with E-state index in [-0.39, 0.29) is 6.04 Å². The molecule has 0 amide bonds. The van der Waals surface area contributed by atoms with Crippen LogP contribution in [0, 0.1) is 6.92 Å². The second-order valence-electron chi connectivity index (χ2n) is 4.01. The standard InChI is InChI=1S/C13H13Br2NS/c1-8-5-11(15)13(17-8)12(16)7-9-3-2-4-10(14)6-9/h2-6,12H,7,16H2,1H3. The minimum atomic E-state index is 0.0531. The summed E-state index contributed by atoms with van der Waals surface area (Å²) < 4.78 is 2.23. The van der Waals surface area contributed by atoms with E-state index in [0.717, 1.165) is 15.4 Å². The lowest BCUT2D eigenvalue weighted by Gasteiger charge is -2.10. The van der Waals surface area contributed by atoms with Crippen LogP contribution in [0.5, 0.6) is 0 Å². The van der Waals surface area contributed by atoms with E-state index in [1.54, 1.807) is 11.3 Å². The van der Waals surface area contributed by atoms with Crippen molar-refractivity contribution in [2.24, 2.45) is 5.73 Å². The van der Waals surface area contributed by atoms with Crippen molar-refractivity contribution < 1.29 is 0 Å². The van der Waals surface area contributed by atoms with Gasteiger partial charge in [0.25, 0.3) is 0 Å². The third-order valence-corrected chi connectivity index (χ3v) is 5.11. The van der Waals surface area contributed by atoms with Gasteiger partial charge in [0, 0.05) is 24.7 Å². The molecule has 1 aromatic carbocycles. The van der Waals surface area contributed by atoms with E-state index in [1.807, 2.05) is 12.1 Å². The molecule has 0 spiro atoms. The van der Waals surface area contributed by atoms with Crippen LogP contribution in [0.1, 0.15) is 21.4 Å². The van der Waals surface area contributed by atoms with Gasteiger partial charge < -0.3 is 5.73 Å². The zero-order chi connectivity index (χ0) is 12.4. The van der Waals surface area contributed by atoms with Crippen LogP contribution < -0.4 is 5.73 Å². The van der Waals surface area contributed by atoms with Crippen LogP contribution in [-0.4, -0.2) is 0 Å². The minimum absolute atomic E-state index is 0.0531. The molecule has 0 bridgehead atoms. The van der Waals surface area contributed by atoms with Crippen LogP contribution in [0.2, 0.25) is 0 Å². The maximum atomic E-state index is 6.26. The average molecular weight is 375 g/mol. The first-order chi connectivity index (χ1) is 8.06. The molecule has 17 heavy (non-hydrogen) atoms. The Morgan fingerprint density at radius 2 is 2.06 bits per heavy atom. The Morgan fingerprint density at radius 1 is 1.29 bits per heavy atom. The van der Waals surface area contributed by atoms with Crippen LogP contribution in [0.3, 0.4) is 0 Å². The fourth-order valence-electron chi connectivity index (χ4n) is 1.76. The molecule has 4 heteroatoms. The summed E-state index contributed by atoms with van der Waals surface area (Å²) in [4.78, 5) is 2.51. The fraction of sp³-hybridized carbons (Fsp3) is 0.231. The maximum Gasteiger partial charge on any atom is 0.0442 e. The molecule has 1 heterocycles. The van der Waals surface area contributed by atoms with Crippen LogP contribution in [0.25, 0.3) is 0 Å². The number of nitrogens with two attached hydrogens (primary N) is 1. The average Bonchev–Trinajstić information content (AvgIpc) is 2.58. The first-order valence-corrected chi connectivity index (χ1v) is 7.72. The number of hydrogen-bond acceptors (Lipinski definition) is 2. The lowest BCUT2D eigenvalue weighted by molar-refractivity contribution is 0.733. The van der Waals surface area contributed by atoms with E-state index in [1.165, 1.54) is 15.3 Å². The maximum absolute atomic E-state index is 6.26. The number of aryl methyl sites for hydroxylation is 1. The van der Waals surface area contributed by atoms with Gasteiger partial charge in [-0.05, 0) is 53.0 Å². The van der Waals surface area contributed by atoms with Gasteiger partial charge >= 0.3 is 0 Å². The van der Waals surface area contributed by atoms with Gasteiger partial charge in [-0.1, -0.05) is 28.1 Å². The van der Waals surface area contributed by atoms with Gasteiger partial charge in [-0.25, -0.2) is 0 Å². The number of rotatable bonds is 3. The van der Waals surface area contributed by atoms with Gasteiger partial charge in [-0.2, -0.15) is 0 Å². The lowest BCUT2D eigenvalue weighted by atomic mass is 10.1. The highest BCUT2D eigenvalue weighted by Crippen LogP contribution is 2.32. The monoisotopic (exact) mass is 373 g/mol. The lowest BCUT2D eigenvalue weighted by Crippen LogP contribution is -2.12. The molecular weight excluding hydrogens is 362 g/mol. The molecule has 0 saturated heterocycles. The Kier molecular flexibility index (Phi) is 4.42. The van der Waals surface area contributed by atoms with Crippen molar-refractivity contribution >= 4 is 43.2 Å². The van der Waals surface area contributed by atoms with Crippen molar-refractivity contribution in [3.63, 3.8) is 0 Å². The van der Waals surface area contributed by atoms with Crippen molar-refractivity contribution in [1.29, 1.82) is 0 Å². The molecule has 90 valence electrons. The van der Waals surface area contributed by atoms with Gasteiger partial charge in [0.1, 0.15) is 0 Å². The second-order valence-corrected chi connectivity index (χ2v) is 7.07. The number of hydrogen-bond donors (Lipinski definition) is 1. The van der Waals surface area contributed by atoms with Gasteiger partial charge in [0.2, 0.25) is 0 Å². The van der Waals surface area contributed by atoms with Crippen molar-refractivity contribution in [1.82, 2.24) is 0 Å². The Hall–Kier alpha value is -0.160. The molecule has 2 N–H and O–H groups in total. The van der Waals surface area contributed by atoms with E-state index in [2.05, 4.69) is 57.0 Å². The quantitative estimate of drug-likeness (QED) is 0.818. The van der Waals surface area contributed by atoms with E-state index in [9.17, 15) is 0 Å². The van der Waals surface area contributed by atoms with Crippen molar-refractivity contribution in [2.45, 2.75) is 19.4 Å². The molecule has 0 saturated carbocycles. The summed E-state index contributed by atoms with van der Waals surface area (Å²) in [5.41, 5.74) is 7.51. The summed E-state index contributed by atoms with van der Waals surface area (Å²) in [5.74, 6) is 0. The topological polar surface area (TPSA) is 26.0 Å². The summed E-state index contributed by atoms with van der Waals surface area (Å²) in [5, 5.41) is 0. The Morgan fingerprint density at radius 3 is 2.65 bits per heavy atom. The number of halogens is 2. The molecule has 2 aromatic rings. The van der Waals surface area contributed by atoms with Gasteiger partial charge in [-0.3, -0.25) is 0 Å². The van der Waals surface area contributed by atoms with Crippen LogP contribution in [-0.2, 0) is 6.42 Å². The van der Waals surface area contributed by atoms with Crippen molar-refractivity contribution in [3.05, 3.63) is 54.6 Å². The first kappa shape index (κ1) is 13.3. The summed E-state index contributed by atoms with van der Waals surface area (Å²) in [6, 6.07) is 10.5. The third kappa shape index (κ3) is 3.41. The number of thiophene rings is 1. The van der Waals surface area contributed by atoms with Crippen LogP contribution in [0.4, 0.5) is 0 Å². The first-order valence-electron chi connectivity index (χ1n) is 5.32. The molecule has 0 aliphatic carbocycles. The number of benzene rings is 1. The Balaban J connectivity index is 2.16. The zero-order valence-electron chi connectivity index (χ0n) is 9.41. The van der Waals surface area contributed by atoms with Gasteiger partial charge in [0.05, 0.1) is 0 Å². The minimum Gasteiger partial charge on any atom is -0.323 e. The van der Waals surface area contributed by atoms with Crippen molar-refractivity contribution in [2.75, 3.05) is 0 Å². The van der Waals surface area contributed by atoms with Crippen LogP contribution in [0.15, 0.2) is 39.3 Å².